The van der Waals surface area contributed by atoms with Crippen LogP contribution in [0.25, 0.3) is 10.2 Å². The summed E-state index contributed by atoms with van der Waals surface area (Å²) >= 11 is 1.66. The van der Waals surface area contributed by atoms with E-state index in [4.69, 9.17) is 9.72 Å². The van der Waals surface area contributed by atoms with Crippen molar-refractivity contribution in [2.24, 2.45) is 7.05 Å². The Balaban J connectivity index is 1.48. The van der Waals surface area contributed by atoms with Crippen molar-refractivity contribution in [3.05, 3.63) is 35.7 Å². The topological polar surface area (TPSA) is 63.5 Å². The Morgan fingerprint density at radius 3 is 2.65 bits per heavy atom. The van der Waals surface area contributed by atoms with Gasteiger partial charge in [0.05, 0.1) is 17.5 Å². The number of rotatable bonds is 3. The van der Waals surface area contributed by atoms with Gasteiger partial charge >= 0.3 is 0 Å². The number of carbonyl (C=O) groups is 1. The number of nitrogens with zero attached hydrogens (tertiary/aromatic N) is 5. The van der Waals surface area contributed by atoms with Crippen LogP contribution in [-0.2, 0) is 7.05 Å². The van der Waals surface area contributed by atoms with Gasteiger partial charge in [0.15, 0.2) is 5.13 Å². The Kier molecular flexibility index (Phi) is 4.28. The quantitative estimate of drug-likeness (QED) is 0.707. The molecule has 0 aliphatic carbocycles. The number of hydrogen-bond acceptors (Lipinski definition) is 6. The van der Waals surface area contributed by atoms with Gasteiger partial charge < -0.3 is 14.5 Å². The van der Waals surface area contributed by atoms with E-state index in [0.717, 1.165) is 39.9 Å². The Morgan fingerprint density at radius 2 is 2.00 bits per heavy atom. The second-order valence-electron chi connectivity index (χ2n) is 6.38. The highest BCUT2D eigenvalue weighted by Crippen LogP contribution is 2.34. The van der Waals surface area contributed by atoms with E-state index in [9.17, 15) is 4.79 Å². The van der Waals surface area contributed by atoms with Crippen LogP contribution in [0.4, 0.5) is 5.13 Å². The van der Waals surface area contributed by atoms with Crippen LogP contribution in [0, 0.1) is 6.92 Å². The third kappa shape index (κ3) is 2.90. The molecule has 0 radical (unpaired) electrons. The standard InChI is InChI=1S/C18H21N5O2S/c1-12-11-13(21(2)20-12)17(24)22-7-9-23(10-8-22)18-19-16-14(25-3)5-4-6-15(16)26-18/h4-6,11H,7-10H2,1-3H3. The number of carbonyl (C=O) groups excluding carboxylic acids is 1. The summed E-state index contributed by atoms with van der Waals surface area (Å²) in [6.07, 6.45) is 0. The Bertz CT molecular complexity index is 956. The highest BCUT2D eigenvalue weighted by atomic mass is 32.1. The van der Waals surface area contributed by atoms with Gasteiger partial charge in [0.2, 0.25) is 0 Å². The number of methoxy groups -OCH3 is 1. The zero-order chi connectivity index (χ0) is 18.3. The van der Waals surface area contributed by atoms with E-state index in [0.29, 0.717) is 18.8 Å². The first-order valence-electron chi connectivity index (χ1n) is 8.55. The average Bonchev–Trinajstić information content (AvgIpc) is 3.23. The van der Waals surface area contributed by atoms with Gasteiger partial charge in [-0.2, -0.15) is 5.10 Å². The number of piperazine rings is 1. The predicted octanol–water partition coefficient (Wildman–Crippen LogP) is 2.31. The third-order valence-corrected chi connectivity index (χ3v) is 5.73. The first-order chi connectivity index (χ1) is 12.6. The molecule has 1 aliphatic heterocycles. The smallest absolute Gasteiger partial charge is 0.272 e. The number of fused-ring (bicyclic) bond motifs is 1. The molecule has 2 aromatic heterocycles. The van der Waals surface area contributed by atoms with Crippen molar-refractivity contribution < 1.29 is 9.53 Å². The normalized spacial score (nSPS) is 14.9. The van der Waals surface area contributed by atoms with E-state index >= 15 is 0 Å². The third-order valence-electron chi connectivity index (χ3n) is 4.65. The minimum absolute atomic E-state index is 0.0405. The molecule has 0 saturated carbocycles. The van der Waals surface area contributed by atoms with Crippen molar-refractivity contribution in [3.8, 4) is 5.75 Å². The summed E-state index contributed by atoms with van der Waals surface area (Å²) in [6.45, 7) is 4.79. The predicted molar refractivity (Wildman–Crippen MR) is 102 cm³/mol. The Hall–Kier alpha value is -2.61. The van der Waals surface area contributed by atoms with Crippen LogP contribution >= 0.6 is 11.3 Å². The van der Waals surface area contributed by atoms with Crippen LogP contribution in [0.3, 0.4) is 0 Å². The number of amides is 1. The van der Waals surface area contributed by atoms with Crippen molar-refractivity contribution in [2.75, 3.05) is 38.2 Å². The van der Waals surface area contributed by atoms with E-state index < -0.39 is 0 Å². The maximum atomic E-state index is 12.7. The molecule has 0 N–H and O–H groups in total. The number of thiazole rings is 1. The molecule has 1 fully saturated rings. The lowest BCUT2D eigenvalue weighted by atomic mass is 10.2. The molecule has 3 heterocycles. The van der Waals surface area contributed by atoms with Gasteiger partial charge in [0.25, 0.3) is 5.91 Å². The summed E-state index contributed by atoms with van der Waals surface area (Å²) in [7, 11) is 3.48. The fraction of sp³-hybridized carbons (Fsp3) is 0.389. The summed E-state index contributed by atoms with van der Waals surface area (Å²) in [4.78, 5) is 21.6. The van der Waals surface area contributed by atoms with Gasteiger partial charge in [-0.1, -0.05) is 17.4 Å². The molecule has 8 heteroatoms. The zero-order valence-corrected chi connectivity index (χ0v) is 15.9. The second-order valence-corrected chi connectivity index (χ2v) is 7.39. The molecule has 3 aromatic rings. The van der Waals surface area contributed by atoms with Crippen LogP contribution in [-0.4, -0.2) is 58.9 Å². The monoisotopic (exact) mass is 371 g/mol. The number of aromatic nitrogens is 3. The van der Waals surface area contributed by atoms with E-state index in [1.165, 1.54) is 0 Å². The van der Waals surface area contributed by atoms with Gasteiger partial charge in [0, 0.05) is 33.2 Å². The molecule has 0 bridgehead atoms. The molecule has 1 saturated heterocycles. The van der Waals surface area contributed by atoms with E-state index in [2.05, 4.69) is 16.1 Å². The van der Waals surface area contributed by atoms with Crippen LogP contribution in [0.5, 0.6) is 5.75 Å². The lowest BCUT2D eigenvalue weighted by Gasteiger charge is -2.34. The average molecular weight is 371 g/mol. The van der Waals surface area contributed by atoms with Gasteiger partial charge in [-0.15, -0.1) is 0 Å². The SMILES string of the molecule is COc1cccc2sc(N3CCN(C(=O)c4cc(C)nn4C)CC3)nc12. The fourth-order valence-electron chi connectivity index (χ4n) is 3.29. The van der Waals surface area contributed by atoms with Crippen LogP contribution in [0.15, 0.2) is 24.3 Å². The van der Waals surface area contributed by atoms with Crippen LogP contribution in [0.1, 0.15) is 16.2 Å². The highest BCUT2D eigenvalue weighted by molar-refractivity contribution is 7.22. The van der Waals surface area contributed by atoms with E-state index in [1.807, 2.05) is 37.1 Å². The fourth-order valence-corrected chi connectivity index (χ4v) is 4.32. The van der Waals surface area contributed by atoms with Crippen LogP contribution in [0.2, 0.25) is 0 Å². The first kappa shape index (κ1) is 16.8. The van der Waals surface area contributed by atoms with Crippen molar-refractivity contribution in [1.29, 1.82) is 0 Å². The molecule has 1 aliphatic rings. The molecule has 136 valence electrons. The number of ether oxygens (including phenoxy) is 1. The number of anilines is 1. The van der Waals surface area contributed by atoms with Gasteiger partial charge in [0.1, 0.15) is 17.0 Å². The molecule has 4 rings (SSSR count). The van der Waals surface area contributed by atoms with E-state index in [-0.39, 0.29) is 5.91 Å². The Morgan fingerprint density at radius 1 is 1.23 bits per heavy atom. The number of benzene rings is 1. The Labute approximate surface area is 155 Å². The summed E-state index contributed by atoms with van der Waals surface area (Å²) in [6, 6.07) is 7.81. The summed E-state index contributed by atoms with van der Waals surface area (Å²) in [5, 5.41) is 5.25. The summed E-state index contributed by atoms with van der Waals surface area (Å²) in [5.74, 6) is 0.837. The molecular formula is C18H21N5O2S. The van der Waals surface area contributed by atoms with Gasteiger partial charge in [-0.3, -0.25) is 9.48 Å². The highest BCUT2D eigenvalue weighted by Gasteiger charge is 2.26. The molecule has 7 nitrogen and oxygen atoms in total. The molecule has 0 unspecified atom stereocenters. The lowest BCUT2D eigenvalue weighted by molar-refractivity contribution is 0.0735. The zero-order valence-electron chi connectivity index (χ0n) is 15.1. The van der Waals surface area contributed by atoms with Crippen molar-refractivity contribution in [3.63, 3.8) is 0 Å². The van der Waals surface area contributed by atoms with Crippen LogP contribution < -0.4 is 9.64 Å². The number of para-hydroxylation sites is 1. The van der Waals surface area contributed by atoms with Crippen molar-refractivity contribution in [1.82, 2.24) is 19.7 Å². The molecule has 0 spiro atoms. The first-order valence-corrected chi connectivity index (χ1v) is 9.37. The molecule has 1 aromatic carbocycles. The molecule has 1 amide bonds. The minimum Gasteiger partial charge on any atom is -0.494 e. The minimum atomic E-state index is 0.0405. The maximum Gasteiger partial charge on any atom is 0.272 e. The number of aryl methyl sites for hydroxylation is 2. The van der Waals surface area contributed by atoms with Crippen molar-refractivity contribution in [2.45, 2.75) is 6.92 Å². The molecule has 0 atom stereocenters. The summed E-state index contributed by atoms with van der Waals surface area (Å²) in [5.41, 5.74) is 2.40. The lowest BCUT2D eigenvalue weighted by Crippen LogP contribution is -2.49. The summed E-state index contributed by atoms with van der Waals surface area (Å²) < 4.78 is 8.17. The van der Waals surface area contributed by atoms with Crippen molar-refractivity contribution >= 4 is 32.6 Å². The molecule has 26 heavy (non-hydrogen) atoms. The maximum absolute atomic E-state index is 12.7. The number of hydrogen-bond donors (Lipinski definition) is 0. The molecular weight excluding hydrogens is 350 g/mol. The largest absolute Gasteiger partial charge is 0.494 e. The second kappa shape index (κ2) is 6.60. The van der Waals surface area contributed by atoms with Gasteiger partial charge in [-0.05, 0) is 25.1 Å². The van der Waals surface area contributed by atoms with E-state index in [1.54, 1.807) is 23.1 Å². The van der Waals surface area contributed by atoms with Gasteiger partial charge in [-0.25, -0.2) is 4.98 Å².